The topological polar surface area (TPSA) is 78.6 Å². The van der Waals surface area contributed by atoms with Gasteiger partial charge in [0.15, 0.2) is 0 Å². The largest absolute Gasteiger partial charge is 0.388 e. The molecule has 5 nitrogen and oxygen atoms in total. The summed E-state index contributed by atoms with van der Waals surface area (Å²) in [4.78, 5) is 14.6. The smallest absolute Gasteiger partial charge is 0.243 e. The molecule has 2 aromatic rings. The molecule has 4 rings (SSSR count). The summed E-state index contributed by atoms with van der Waals surface area (Å²) in [6.07, 6.45) is 2.97. The van der Waals surface area contributed by atoms with Gasteiger partial charge in [0.25, 0.3) is 0 Å². The van der Waals surface area contributed by atoms with Crippen LogP contribution in [0.4, 0.5) is 5.69 Å². The van der Waals surface area contributed by atoms with Crippen molar-refractivity contribution in [2.24, 2.45) is 11.7 Å². The molecule has 0 radical (unpaired) electrons. The fourth-order valence-electron chi connectivity index (χ4n) is 4.67. The van der Waals surface area contributed by atoms with Crippen LogP contribution in [-0.4, -0.2) is 41.1 Å². The van der Waals surface area contributed by atoms with E-state index in [0.717, 1.165) is 43.7 Å². The van der Waals surface area contributed by atoms with E-state index in [2.05, 4.69) is 16.3 Å². The van der Waals surface area contributed by atoms with Gasteiger partial charge in [-0.3, -0.25) is 4.79 Å². The minimum Gasteiger partial charge on any atom is -0.388 e. The fraction of sp³-hybridized carbons (Fsp3) is 0.435. The molecule has 4 N–H and O–H groups in total. The lowest BCUT2D eigenvalue weighted by molar-refractivity contribution is -0.124. The van der Waals surface area contributed by atoms with Crippen LogP contribution in [-0.2, 0) is 11.2 Å². The van der Waals surface area contributed by atoms with Crippen molar-refractivity contribution >= 4 is 11.6 Å². The molecule has 1 saturated heterocycles. The van der Waals surface area contributed by atoms with Gasteiger partial charge < -0.3 is 21.1 Å². The van der Waals surface area contributed by atoms with E-state index < -0.39 is 11.6 Å². The maximum absolute atomic E-state index is 12.3. The molecule has 1 aliphatic carbocycles. The summed E-state index contributed by atoms with van der Waals surface area (Å²) in [7, 11) is 0. The Hall–Kier alpha value is -2.37. The number of hydrogen-bond donors (Lipinski definition) is 3. The number of amides is 1. The maximum atomic E-state index is 12.3. The van der Waals surface area contributed by atoms with Gasteiger partial charge >= 0.3 is 0 Å². The number of likely N-dealkylation sites (tertiary alicyclic amines) is 1. The molecule has 2 aliphatic rings. The molecule has 1 heterocycles. The van der Waals surface area contributed by atoms with Crippen molar-refractivity contribution in [3.05, 3.63) is 65.7 Å². The Kier molecular flexibility index (Phi) is 5.38. The first kappa shape index (κ1) is 19.0. The Morgan fingerprint density at radius 1 is 1.11 bits per heavy atom. The molecule has 2 atom stereocenters. The summed E-state index contributed by atoms with van der Waals surface area (Å²) in [5.41, 5.74) is 8.37. The second-order valence-corrected chi connectivity index (χ2v) is 8.18. The Bertz CT molecular complexity index is 816. The lowest BCUT2D eigenvalue weighted by Gasteiger charge is -2.42. The molecule has 0 aromatic heterocycles. The van der Waals surface area contributed by atoms with Gasteiger partial charge in [-0.1, -0.05) is 42.5 Å². The highest BCUT2D eigenvalue weighted by Crippen LogP contribution is 2.36. The number of rotatable bonds is 5. The summed E-state index contributed by atoms with van der Waals surface area (Å²) >= 11 is 0. The van der Waals surface area contributed by atoms with Crippen LogP contribution in [0, 0.1) is 5.92 Å². The van der Waals surface area contributed by atoms with Crippen molar-refractivity contribution in [3.63, 3.8) is 0 Å². The van der Waals surface area contributed by atoms with Crippen molar-refractivity contribution in [3.8, 4) is 0 Å². The third-order valence-electron chi connectivity index (χ3n) is 6.44. The van der Waals surface area contributed by atoms with Gasteiger partial charge in [-0.25, -0.2) is 0 Å². The van der Waals surface area contributed by atoms with Gasteiger partial charge in [0.1, 0.15) is 5.54 Å². The number of anilines is 1. The second-order valence-electron chi connectivity index (χ2n) is 8.18. The Labute approximate surface area is 166 Å². The summed E-state index contributed by atoms with van der Waals surface area (Å²) < 4.78 is 0. The highest BCUT2D eigenvalue weighted by atomic mass is 16.3. The minimum absolute atomic E-state index is 0.234. The van der Waals surface area contributed by atoms with Gasteiger partial charge in [-0.2, -0.15) is 0 Å². The number of primary amides is 1. The first-order chi connectivity index (χ1) is 13.6. The van der Waals surface area contributed by atoms with E-state index in [9.17, 15) is 9.90 Å². The van der Waals surface area contributed by atoms with Gasteiger partial charge in [-0.05, 0) is 48.9 Å². The van der Waals surface area contributed by atoms with Gasteiger partial charge in [0, 0.05) is 31.2 Å². The summed E-state index contributed by atoms with van der Waals surface area (Å²) in [6.45, 7) is 2.46. The number of nitrogens with one attached hydrogen (secondary N) is 1. The number of piperidine rings is 1. The van der Waals surface area contributed by atoms with Crippen molar-refractivity contribution in [2.45, 2.75) is 37.3 Å². The number of fused-ring (bicyclic) bond motifs is 1. The van der Waals surface area contributed by atoms with E-state index in [1.54, 1.807) is 0 Å². The van der Waals surface area contributed by atoms with Crippen LogP contribution in [0.1, 0.15) is 36.5 Å². The Balaban J connectivity index is 1.39. The molecule has 148 valence electrons. The highest BCUT2D eigenvalue weighted by Gasteiger charge is 2.41. The van der Waals surface area contributed by atoms with Gasteiger partial charge in [0.2, 0.25) is 5.91 Å². The lowest BCUT2D eigenvalue weighted by atomic mass is 9.80. The third kappa shape index (κ3) is 3.77. The fourth-order valence-corrected chi connectivity index (χ4v) is 4.67. The number of nitrogens with zero attached hydrogens (tertiary/aromatic N) is 1. The Morgan fingerprint density at radius 3 is 2.50 bits per heavy atom. The number of nitrogens with two attached hydrogens (primary N) is 1. The van der Waals surface area contributed by atoms with Crippen molar-refractivity contribution in [2.75, 3.05) is 25.0 Å². The standard InChI is InChI=1S/C23H29N3O2/c24-22(28)23(25-19-7-2-1-3-8-19)12-14-26(15-13-23)16-18-11-10-17-6-4-5-9-20(17)21(18)27/h1-9,18,21,25,27H,10-16H2,(H2,24,28). The van der Waals surface area contributed by atoms with E-state index in [4.69, 9.17) is 5.73 Å². The SMILES string of the molecule is NC(=O)C1(Nc2ccccc2)CCN(CC2CCc3ccccc3C2O)CC1. The molecule has 1 aliphatic heterocycles. The third-order valence-corrected chi connectivity index (χ3v) is 6.44. The summed E-state index contributed by atoms with van der Waals surface area (Å²) in [6, 6.07) is 18.0. The molecule has 5 heteroatoms. The number of aliphatic hydroxyl groups is 1. The molecular weight excluding hydrogens is 350 g/mol. The molecule has 0 spiro atoms. The van der Waals surface area contributed by atoms with Gasteiger partial charge in [0.05, 0.1) is 6.10 Å². The van der Waals surface area contributed by atoms with Crippen LogP contribution in [0.2, 0.25) is 0 Å². The van der Waals surface area contributed by atoms with Crippen LogP contribution >= 0.6 is 0 Å². The molecule has 0 bridgehead atoms. The van der Waals surface area contributed by atoms with Crippen LogP contribution in [0.25, 0.3) is 0 Å². The monoisotopic (exact) mass is 379 g/mol. The number of hydrogen-bond acceptors (Lipinski definition) is 4. The normalized spacial score (nSPS) is 24.3. The van der Waals surface area contributed by atoms with Crippen LogP contribution in [0.5, 0.6) is 0 Å². The maximum Gasteiger partial charge on any atom is 0.243 e. The summed E-state index contributed by atoms with van der Waals surface area (Å²) in [5.74, 6) is -0.0549. The number of aliphatic hydroxyl groups excluding tert-OH is 1. The number of aryl methyl sites for hydroxylation is 1. The number of carbonyl (C=O) groups is 1. The second kappa shape index (κ2) is 7.94. The number of carbonyl (C=O) groups excluding carboxylic acids is 1. The molecule has 28 heavy (non-hydrogen) atoms. The van der Waals surface area contributed by atoms with Crippen LogP contribution in [0.3, 0.4) is 0 Å². The zero-order chi connectivity index (χ0) is 19.6. The first-order valence-electron chi connectivity index (χ1n) is 10.2. The van der Waals surface area contributed by atoms with E-state index >= 15 is 0 Å². The number of para-hydroxylation sites is 1. The van der Waals surface area contributed by atoms with E-state index in [1.807, 2.05) is 48.5 Å². The van der Waals surface area contributed by atoms with Crippen molar-refractivity contribution in [1.82, 2.24) is 4.90 Å². The first-order valence-corrected chi connectivity index (χ1v) is 10.2. The van der Waals surface area contributed by atoms with E-state index in [-0.39, 0.29) is 11.8 Å². The molecule has 0 saturated carbocycles. The van der Waals surface area contributed by atoms with Gasteiger partial charge in [-0.15, -0.1) is 0 Å². The van der Waals surface area contributed by atoms with Crippen molar-refractivity contribution < 1.29 is 9.90 Å². The summed E-state index contributed by atoms with van der Waals surface area (Å²) in [5, 5.41) is 14.2. The lowest BCUT2D eigenvalue weighted by Crippen LogP contribution is -2.57. The minimum atomic E-state index is -0.699. The zero-order valence-electron chi connectivity index (χ0n) is 16.2. The predicted octanol–water partition coefficient (Wildman–Crippen LogP) is 2.71. The van der Waals surface area contributed by atoms with Crippen LogP contribution < -0.4 is 11.1 Å². The van der Waals surface area contributed by atoms with E-state index in [1.165, 1.54) is 5.56 Å². The molecular formula is C23H29N3O2. The molecule has 2 aromatic carbocycles. The number of benzene rings is 2. The van der Waals surface area contributed by atoms with Crippen molar-refractivity contribution in [1.29, 1.82) is 0 Å². The zero-order valence-corrected chi connectivity index (χ0v) is 16.2. The highest BCUT2D eigenvalue weighted by molar-refractivity contribution is 5.88. The average molecular weight is 380 g/mol. The molecule has 2 unspecified atom stereocenters. The molecule has 1 fully saturated rings. The molecule has 1 amide bonds. The average Bonchev–Trinajstić information content (AvgIpc) is 2.72. The van der Waals surface area contributed by atoms with Crippen LogP contribution in [0.15, 0.2) is 54.6 Å². The Morgan fingerprint density at radius 2 is 1.79 bits per heavy atom. The quantitative estimate of drug-likeness (QED) is 0.746. The predicted molar refractivity (Wildman–Crippen MR) is 111 cm³/mol. The van der Waals surface area contributed by atoms with E-state index in [0.29, 0.717) is 12.8 Å².